The molecule has 0 radical (unpaired) electrons. The van der Waals surface area contributed by atoms with Gasteiger partial charge in [0.25, 0.3) is 0 Å². The number of rotatable bonds is 4. The van der Waals surface area contributed by atoms with E-state index in [-0.39, 0.29) is 10.7 Å². The van der Waals surface area contributed by atoms with Crippen molar-refractivity contribution in [3.63, 3.8) is 0 Å². The second-order valence-electron chi connectivity index (χ2n) is 3.81. The molecule has 0 aliphatic heterocycles. The number of nitrogens with zero attached hydrogens (tertiary/aromatic N) is 1. The number of benzene rings is 1. The maximum atomic E-state index is 13.9. The predicted octanol–water partition coefficient (Wildman–Crippen LogP) is 2.88. The zero-order chi connectivity index (χ0) is 12.3. The molecule has 0 saturated heterocycles. The number of anilines is 3. The highest BCUT2D eigenvalue weighted by molar-refractivity contribution is 6.33. The molecule has 0 atom stereocenters. The molecule has 16 heavy (non-hydrogen) atoms. The van der Waals surface area contributed by atoms with Crippen molar-refractivity contribution in [2.45, 2.75) is 19.8 Å². The van der Waals surface area contributed by atoms with Gasteiger partial charge >= 0.3 is 0 Å². The van der Waals surface area contributed by atoms with E-state index in [0.717, 1.165) is 19.4 Å². The van der Waals surface area contributed by atoms with Crippen molar-refractivity contribution >= 4 is 28.7 Å². The zero-order valence-electron chi connectivity index (χ0n) is 9.56. The number of nitrogen functional groups attached to an aromatic ring is 2. The van der Waals surface area contributed by atoms with Crippen molar-refractivity contribution in [1.29, 1.82) is 0 Å². The summed E-state index contributed by atoms with van der Waals surface area (Å²) in [6.45, 7) is 2.81. The summed E-state index contributed by atoms with van der Waals surface area (Å²) in [6, 6.07) is 1.49. The highest BCUT2D eigenvalue weighted by Gasteiger charge is 2.17. The molecule has 1 rings (SSSR count). The Morgan fingerprint density at radius 2 is 2.00 bits per heavy atom. The molecule has 3 nitrogen and oxygen atoms in total. The van der Waals surface area contributed by atoms with Gasteiger partial charge in [0.1, 0.15) is 5.02 Å². The first kappa shape index (κ1) is 12.9. The van der Waals surface area contributed by atoms with Crippen LogP contribution in [0.3, 0.4) is 0 Å². The van der Waals surface area contributed by atoms with E-state index in [4.69, 9.17) is 23.1 Å². The van der Waals surface area contributed by atoms with Crippen molar-refractivity contribution in [1.82, 2.24) is 0 Å². The van der Waals surface area contributed by atoms with Crippen LogP contribution in [-0.4, -0.2) is 13.6 Å². The van der Waals surface area contributed by atoms with E-state index >= 15 is 0 Å². The lowest BCUT2D eigenvalue weighted by Crippen LogP contribution is -2.21. The third-order valence-electron chi connectivity index (χ3n) is 2.47. The number of halogens is 2. The summed E-state index contributed by atoms with van der Waals surface area (Å²) >= 11 is 5.75. The van der Waals surface area contributed by atoms with Crippen LogP contribution in [0.2, 0.25) is 5.02 Å². The van der Waals surface area contributed by atoms with Crippen LogP contribution in [0.25, 0.3) is 0 Å². The minimum absolute atomic E-state index is 0.0625. The normalized spacial score (nSPS) is 10.5. The first-order valence-electron chi connectivity index (χ1n) is 5.23. The van der Waals surface area contributed by atoms with Gasteiger partial charge in [0, 0.05) is 13.6 Å². The Balaban J connectivity index is 3.08. The monoisotopic (exact) mass is 245 g/mol. The summed E-state index contributed by atoms with van der Waals surface area (Å²) < 4.78 is 13.9. The van der Waals surface area contributed by atoms with Gasteiger partial charge in [-0.25, -0.2) is 4.39 Å². The van der Waals surface area contributed by atoms with E-state index in [1.54, 1.807) is 11.9 Å². The van der Waals surface area contributed by atoms with Crippen molar-refractivity contribution in [2.24, 2.45) is 0 Å². The SMILES string of the molecule is CCCCN(C)c1c(N)cc(N)c(Cl)c1F. The summed E-state index contributed by atoms with van der Waals surface area (Å²) in [4.78, 5) is 1.76. The number of hydrogen-bond donors (Lipinski definition) is 2. The molecule has 90 valence electrons. The standard InChI is InChI=1S/C11H17ClFN3/c1-3-4-5-16(2)11-8(15)6-7(14)9(12)10(11)13/h6H,3-5,14-15H2,1-2H3. The minimum atomic E-state index is -0.544. The fourth-order valence-electron chi connectivity index (χ4n) is 1.55. The number of nitrogens with two attached hydrogens (primary N) is 2. The summed E-state index contributed by atoms with van der Waals surface area (Å²) in [7, 11) is 1.79. The van der Waals surface area contributed by atoms with E-state index < -0.39 is 5.82 Å². The Kier molecular flexibility index (Phi) is 4.24. The summed E-state index contributed by atoms with van der Waals surface area (Å²) in [5, 5.41) is -0.0625. The molecular formula is C11H17ClFN3. The van der Waals surface area contributed by atoms with Gasteiger partial charge in [-0.3, -0.25) is 0 Å². The molecular weight excluding hydrogens is 229 g/mol. The predicted molar refractivity (Wildman–Crippen MR) is 68.4 cm³/mol. The van der Waals surface area contributed by atoms with Crippen LogP contribution >= 0.6 is 11.6 Å². The van der Waals surface area contributed by atoms with Gasteiger partial charge in [-0.1, -0.05) is 24.9 Å². The average molecular weight is 246 g/mol. The van der Waals surface area contributed by atoms with Crippen LogP contribution in [0, 0.1) is 5.82 Å². The molecule has 4 N–H and O–H groups in total. The van der Waals surface area contributed by atoms with Crippen LogP contribution in [0.5, 0.6) is 0 Å². The van der Waals surface area contributed by atoms with E-state index in [0.29, 0.717) is 11.4 Å². The summed E-state index contributed by atoms with van der Waals surface area (Å²) in [6.07, 6.45) is 2.01. The second-order valence-corrected chi connectivity index (χ2v) is 4.18. The minimum Gasteiger partial charge on any atom is -0.397 e. The summed E-state index contributed by atoms with van der Waals surface area (Å²) in [5.41, 5.74) is 12.1. The molecule has 5 heteroatoms. The quantitative estimate of drug-likeness (QED) is 0.802. The third kappa shape index (κ3) is 2.50. The lowest BCUT2D eigenvalue weighted by molar-refractivity contribution is 0.621. The first-order chi connectivity index (χ1) is 7.49. The maximum absolute atomic E-state index is 13.9. The van der Waals surface area contributed by atoms with Gasteiger partial charge in [-0.2, -0.15) is 0 Å². The smallest absolute Gasteiger partial charge is 0.169 e. The Labute approximate surface area is 100 Å². The first-order valence-corrected chi connectivity index (χ1v) is 5.60. The molecule has 0 spiro atoms. The zero-order valence-corrected chi connectivity index (χ0v) is 10.3. The third-order valence-corrected chi connectivity index (χ3v) is 2.85. The molecule has 1 aromatic carbocycles. The van der Waals surface area contributed by atoms with Crippen LogP contribution in [0.15, 0.2) is 6.07 Å². The molecule has 0 heterocycles. The Morgan fingerprint density at radius 1 is 1.38 bits per heavy atom. The van der Waals surface area contributed by atoms with Gasteiger partial charge in [-0.05, 0) is 12.5 Å². The topological polar surface area (TPSA) is 55.3 Å². The fraction of sp³-hybridized carbons (Fsp3) is 0.455. The van der Waals surface area contributed by atoms with Crippen LogP contribution < -0.4 is 16.4 Å². The van der Waals surface area contributed by atoms with Gasteiger partial charge in [0.2, 0.25) is 0 Å². The fourth-order valence-corrected chi connectivity index (χ4v) is 1.70. The van der Waals surface area contributed by atoms with Crippen LogP contribution in [0.1, 0.15) is 19.8 Å². The largest absolute Gasteiger partial charge is 0.397 e. The maximum Gasteiger partial charge on any atom is 0.169 e. The molecule has 0 unspecified atom stereocenters. The van der Waals surface area contributed by atoms with E-state index in [9.17, 15) is 4.39 Å². The lowest BCUT2D eigenvalue weighted by Gasteiger charge is -2.22. The van der Waals surface area contributed by atoms with E-state index in [2.05, 4.69) is 6.92 Å². The van der Waals surface area contributed by atoms with Crippen LogP contribution in [0.4, 0.5) is 21.5 Å². The molecule has 0 amide bonds. The molecule has 0 aliphatic carbocycles. The van der Waals surface area contributed by atoms with Crippen molar-refractivity contribution in [3.8, 4) is 0 Å². The van der Waals surface area contributed by atoms with Crippen molar-refractivity contribution < 1.29 is 4.39 Å². The van der Waals surface area contributed by atoms with Gasteiger partial charge in [0.15, 0.2) is 5.82 Å². The van der Waals surface area contributed by atoms with E-state index in [1.165, 1.54) is 6.07 Å². The Bertz CT molecular complexity index is 382. The van der Waals surface area contributed by atoms with Gasteiger partial charge in [-0.15, -0.1) is 0 Å². The molecule has 0 aromatic heterocycles. The van der Waals surface area contributed by atoms with Gasteiger partial charge in [0.05, 0.1) is 17.1 Å². The molecule has 0 fully saturated rings. The molecule has 0 saturated carbocycles. The Hall–Kier alpha value is -1.16. The highest BCUT2D eigenvalue weighted by Crippen LogP contribution is 2.35. The molecule has 0 bridgehead atoms. The van der Waals surface area contributed by atoms with Crippen LogP contribution in [-0.2, 0) is 0 Å². The lowest BCUT2D eigenvalue weighted by atomic mass is 10.2. The summed E-state index contributed by atoms with van der Waals surface area (Å²) in [5.74, 6) is -0.544. The highest BCUT2D eigenvalue weighted by atomic mass is 35.5. The van der Waals surface area contributed by atoms with Gasteiger partial charge < -0.3 is 16.4 Å². The van der Waals surface area contributed by atoms with E-state index in [1.807, 2.05) is 0 Å². The Morgan fingerprint density at radius 3 is 2.56 bits per heavy atom. The van der Waals surface area contributed by atoms with Crippen molar-refractivity contribution in [3.05, 3.63) is 16.9 Å². The second kappa shape index (κ2) is 5.25. The number of unbranched alkanes of at least 4 members (excludes halogenated alkanes) is 1. The molecule has 1 aromatic rings. The molecule has 0 aliphatic rings. The average Bonchev–Trinajstić information content (AvgIpc) is 2.23. The van der Waals surface area contributed by atoms with Crippen molar-refractivity contribution in [2.75, 3.05) is 30.0 Å². The number of hydrogen-bond acceptors (Lipinski definition) is 3.